The van der Waals surface area contributed by atoms with Gasteiger partial charge in [-0.2, -0.15) is 0 Å². The topological polar surface area (TPSA) is 176 Å². The third kappa shape index (κ3) is 11.4. The van der Waals surface area contributed by atoms with E-state index in [0.29, 0.717) is 72.0 Å². The molecule has 3 aromatic carbocycles. The number of hydrogen-bond acceptors (Lipinski definition) is 8. The molecule has 13 nitrogen and oxygen atoms in total. The quantitative estimate of drug-likeness (QED) is 0.114. The number of unbranched alkanes of at least 4 members (excludes halogenated alkanes) is 2. The van der Waals surface area contributed by atoms with Crippen molar-refractivity contribution in [3.63, 3.8) is 0 Å². The van der Waals surface area contributed by atoms with Crippen LogP contribution in [0.3, 0.4) is 0 Å². The molecule has 0 aromatic heterocycles. The molecule has 4 rings (SSSR count). The fourth-order valence-corrected chi connectivity index (χ4v) is 5.77. The Kier molecular flexibility index (Phi) is 14.1. The van der Waals surface area contributed by atoms with Crippen molar-refractivity contribution in [3.8, 4) is 11.5 Å². The predicted molar refractivity (Wildman–Crippen MR) is 198 cm³/mol. The first-order valence-electron chi connectivity index (χ1n) is 17.3. The molecule has 6 N–H and O–H groups in total. The zero-order valence-corrected chi connectivity index (χ0v) is 29.8. The number of ether oxygens (including phenoxy) is 2. The monoisotopic (exact) mass is 702 g/mol. The van der Waals surface area contributed by atoms with Gasteiger partial charge in [0.25, 0.3) is 0 Å². The maximum absolute atomic E-state index is 13.6. The number of fused-ring (bicyclic) bond motifs is 1. The highest BCUT2D eigenvalue weighted by Crippen LogP contribution is 2.30. The lowest BCUT2D eigenvalue weighted by atomic mass is 10.0. The Balaban J connectivity index is 1.37. The molecule has 1 heterocycles. The molecule has 1 aliphatic heterocycles. The van der Waals surface area contributed by atoms with Gasteiger partial charge in [-0.3, -0.25) is 14.4 Å². The Hall–Kier alpha value is -5.30. The molecule has 0 saturated carbocycles. The summed E-state index contributed by atoms with van der Waals surface area (Å²) < 4.78 is 11.7. The average Bonchev–Trinajstić information content (AvgIpc) is 3.16. The van der Waals surface area contributed by atoms with Crippen molar-refractivity contribution < 1.29 is 33.8 Å². The van der Waals surface area contributed by atoms with Crippen molar-refractivity contribution in [3.05, 3.63) is 72.3 Å². The molecule has 0 fully saturated rings. The van der Waals surface area contributed by atoms with Crippen molar-refractivity contribution in [1.82, 2.24) is 9.80 Å². The van der Waals surface area contributed by atoms with Crippen molar-refractivity contribution in [2.24, 2.45) is 5.92 Å². The first kappa shape index (κ1) is 38.5. The van der Waals surface area contributed by atoms with Crippen molar-refractivity contribution in [2.75, 3.05) is 55.5 Å². The number of aliphatic hydroxyl groups excluding tert-OH is 1. The zero-order chi connectivity index (χ0) is 36.9. The SMILES string of the molecule is COc1ccc(NC(=O)N(C)C[C@@H]2Oc3ccc(NC(=O)CCCCCC(=O)Nc4ccccc4N)cc3CC(=O)N([C@H](C)CO)C[C@H]2C)cc1. The molecular formula is C38H50N6O7. The first-order chi connectivity index (χ1) is 24.5. The Morgan fingerprint density at radius 3 is 2.31 bits per heavy atom. The molecule has 0 aliphatic carbocycles. The van der Waals surface area contributed by atoms with Gasteiger partial charge in [-0.1, -0.05) is 25.5 Å². The molecular weight excluding hydrogens is 652 g/mol. The molecule has 3 aromatic rings. The number of nitrogens with zero attached hydrogens (tertiary/aromatic N) is 2. The van der Waals surface area contributed by atoms with Gasteiger partial charge in [0.2, 0.25) is 17.7 Å². The molecule has 51 heavy (non-hydrogen) atoms. The maximum Gasteiger partial charge on any atom is 0.321 e. The number of urea groups is 1. The minimum Gasteiger partial charge on any atom is -0.497 e. The largest absolute Gasteiger partial charge is 0.497 e. The summed E-state index contributed by atoms with van der Waals surface area (Å²) in [4.78, 5) is 55.0. The van der Waals surface area contributed by atoms with Crippen LogP contribution in [-0.2, 0) is 20.8 Å². The van der Waals surface area contributed by atoms with Gasteiger partial charge < -0.3 is 46.1 Å². The molecule has 0 spiro atoms. The molecule has 274 valence electrons. The van der Waals surface area contributed by atoms with E-state index >= 15 is 0 Å². The van der Waals surface area contributed by atoms with E-state index < -0.39 is 12.1 Å². The second-order valence-corrected chi connectivity index (χ2v) is 13.0. The Morgan fingerprint density at radius 2 is 1.65 bits per heavy atom. The number of nitrogens with two attached hydrogens (primary N) is 1. The second kappa shape index (κ2) is 18.6. The van der Waals surface area contributed by atoms with Crippen LogP contribution in [0.2, 0.25) is 0 Å². The standard InChI is InChI=1S/C38H50N6O7/c1-25-22-44(26(2)24-45)37(48)21-27-20-29(40-35(46)12-6-5-7-13-36(47)42-32-11-9-8-10-31(32)39)16-19-33(27)51-34(25)23-43(3)38(49)41-28-14-17-30(50-4)18-15-28/h8-11,14-20,25-26,34,45H,5-7,12-13,21-24,39H2,1-4H3,(H,40,46)(H,41,49)(H,42,47)/t25-,26-,34+/m1/s1. The number of para-hydroxylation sites is 2. The lowest BCUT2D eigenvalue weighted by molar-refractivity contribution is -0.134. The summed E-state index contributed by atoms with van der Waals surface area (Å²) in [7, 11) is 3.25. The molecule has 13 heteroatoms. The highest BCUT2D eigenvalue weighted by Gasteiger charge is 2.32. The van der Waals surface area contributed by atoms with Gasteiger partial charge >= 0.3 is 6.03 Å². The van der Waals surface area contributed by atoms with E-state index in [-0.39, 0.29) is 55.7 Å². The number of nitrogen functional groups attached to an aromatic ring is 1. The molecule has 0 bridgehead atoms. The van der Waals surface area contributed by atoms with Crippen LogP contribution in [0.4, 0.5) is 27.5 Å². The van der Waals surface area contributed by atoms with Gasteiger partial charge in [-0.05, 0) is 74.4 Å². The third-order valence-corrected chi connectivity index (χ3v) is 8.88. The van der Waals surface area contributed by atoms with E-state index in [9.17, 15) is 24.3 Å². The fraction of sp³-hybridized carbons (Fsp3) is 0.421. The lowest BCUT2D eigenvalue weighted by Gasteiger charge is -2.34. The highest BCUT2D eigenvalue weighted by atomic mass is 16.5. The lowest BCUT2D eigenvalue weighted by Crippen LogP contribution is -2.48. The maximum atomic E-state index is 13.6. The summed E-state index contributed by atoms with van der Waals surface area (Å²) in [6.45, 7) is 4.08. The summed E-state index contributed by atoms with van der Waals surface area (Å²) in [5, 5.41) is 18.6. The molecule has 0 saturated heterocycles. The zero-order valence-electron chi connectivity index (χ0n) is 29.8. The first-order valence-corrected chi connectivity index (χ1v) is 17.3. The minimum absolute atomic E-state index is 0.00726. The highest BCUT2D eigenvalue weighted by molar-refractivity contribution is 5.94. The molecule has 0 unspecified atom stereocenters. The van der Waals surface area contributed by atoms with E-state index in [0.717, 1.165) is 0 Å². The number of aliphatic hydroxyl groups is 1. The van der Waals surface area contributed by atoms with Gasteiger partial charge in [-0.25, -0.2) is 4.79 Å². The Labute approximate surface area is 299 Å². The van der Waals surface area contributed by atoms with Crippen molar-refractivity contribution in [1.29, 1.82) is 0 Å². The number of nitrogens with one attached hydrogen (secondary N) is 3. The summed E-state index contributed by atoms with van der Waals surface area (Å²) >= 11 is 0. The van der Waals surface area contributed by atoms with Gasteiger partial charge in [0, 0.05) is 49.3 Å². The van der Waals surface area contributed by atoms with Gasteiger partial charge in [0.15, 0.2) is 0 Å². The van der Waals surface area contributed by atoms with Crippen LogP contribution in [0.25, 0.3) is 0 Å². The Bertz CT molecular complexity index is 1650. The number of rotatable bonds is 14. The summed E-state index contributed by atoms with van der Waals surface area (Å²) in [5.74, 6) is 0.470. The second-order valence-electron chi connectivity index (χ2n) is 13.0. The van der Waals surface area contributed by atoms with Crippen LogP contribution in [0.1, 0.15) is 51.5 Å². The van der Waals surface area contributed by atoms with Crippen LogP contribution < -0.4 is 31.2 Å². The normalized spacial score (nSPS) is 16.3. The summed E-state index contributed by atoms with van der Waals surface area (Å²) in [5.41, 5.74) is 8.70. The number of amides is 5. The number of benzene rings is 3. The number of carbonyl (C=O) groups is 4. The van der Waals surface area contributed by atoms with Gasteiger partial charge in [0.1, 0.15) is 17.6 Å². The smallest absolute Gasteiger partial charge is 0.321 e. The predicted octanol–water partition coefficient (Wildman–Crippen LogP) is 5.12. The van der Waals surface area contributed by atoms with E-state index in [4.69, 9.17) is 15.2 Å². The van der Waals surface area contributed by atoms with Crippen LogP contribution in [-0.4, -0.2) is 84.7 Å². The van der Waals surface area contributed by atoms with Crippen LogP contribution in [0, 0.1) is 5.92 Å². The van der Waals surface area contributed by atoms with Crippen molar-refractivity contribution in [2.45, 2.75) is 64.5 Å². The number of hydrogen-bond donors (Lipinski definition) is 5. The van der Waals surface area contributed by atoms with Crippen LogP contribution in [0.15, 0.2) is 66.7 Å². The minimum atomic E-state index is -0.498. The van der Waals surface area contributed by atoms with Crippen LogP contribution >= 0.6 is 0 Å². The van der Waals surface area contributed by atoms with Gasteiger partial charge in [-0.15, -0.1) is 0 Å². The molecule has 1 aliphatic rings. The summed E-state index contributed by atoms with van der Waals surface area (Å²) in [6.07, 6.45) is 2.03. The summed E-state index contributed by atoms with van der Waals surface area (Å²) in [6, 6.07) is 18.5. The number of carbonyl (C=O) groups excluding carboxylic acids is 4. The van der Waals surface area contributed by atoms with E-state index in [1.165, 1.54) is 4.90 Å². The van der Waals surface area contributed by atoms with Crippen LogP contribution in [0.5, 0.6) is 11.5 Å². The van der Waals surface area contributed by atoms with E-state index in [1.54, 1.807) is 92.7 Å². The molecule has 5 amide bonds. The Morgan fingerprint density at radius 1 is 0.980 bits per heavy atom. The average molecular weight is 703 g/mol. The van der Waals surface area contributed by atoms with Gasteiger partial charge in [0.05, 0.1) is 44.1 Å². The number of methoxy groups -OCH3 is 1. The fourth-order valence-electron chi connectivity index (χ4n) is 5.77. The number of likely N-dealkylation sites (N-methyl/N-ethyl adjacent to an activating group) is 1. The molecule has 0 radical (unpaired) electrons. The van der Waals surface area contributed by atoms with E-state index in [2.05, 4.69) is 16.0 Å². The molecule has 3 atom stereocenters. The van der Waals surface area contributed by atoms with Crippen molar-refractivity contribution >= 4 is 46.5 Å². The third-order valence-electron chi connectivity index (χ3n) is 8.88. The number of anilines is 4. The van der Waals surface area contributed by atoms with E-state index in [1.807, 2.05) is 6.92 Å².